The highest BCUT2D eigenvalue weighted by Crippen LogP contribution is 2.26. The Hall–Kier alpha value is -4.38. The van der Waals surface area contributed by atoms with Crippen molar-refractivity contribution in [1.29, 1.82) is 0 Å². The molecular weight excluding hydrogens is 434 g/mol. The lowest BCUT2D eigenvalue weighted by atomic mass is 9.98. The predicted molar refractivity (Wildman–Crippen MR) is 138 cm³/mol. The van der Waals surface area contributed by atoms with Gasteiger partial charge in [-0.15, -0.1) is 0 Å². The summed E-state index contributed by atoms with van der Waals surface area (Å²) in [4.78, 5) is 13.8. The van der Waals surface area contributed by atoms with Gasteiger partial charge in [0.2, 0.25) is 0 Å². The average Bonchev–Trinajstić information content (AvgIpc) is 3.57. The molecule has 5 heteroatoms. The molecule has 0 saturated carbocycles. The van der Waals surface area contributed by atoms with E-state index in [1.807, 2.05) is 86.6 Å². The third-order valence-corrected chi connectivity index (χ3v) is 6.10. The Bertz CT molecular complexity index is 1420. The quantitative estimate of drug-likeness (QED) is 0.302. The Balaban J connectivity index is 1.54. The van der Waals surface area contributed by atoms with E-state index in [4.69, 9.17) is 9.52 Å². The van der Waals surface area contributed by atoms with Crippen LogP contribution in [0.3, 0.4) is 0 Å². The lowest BCUT2D eigenvalue weighted by molar-refractivity contribution is 0.0928. The molecule has 0 spiro atoms. The first-order valence-corrected chi connectivity index (χ1v) is 11.7. The van der Waals surface area contributed by atoms with Gasteiger partial charge in [0.15, 0.2) is 5.76 Å². The van der Waals surface area contributed by atoms with E-state index in [0.717, 1.165) is 27.9 Å². The van der Waals surface area contributed by atoms with Crippen LogP contribution in [0.25, 0.3) is 17.1 Å². The number of hydrogen-bond acceptors (Lipinski definition) is 3. The fraction of sp³-hybridized carbons (Fsp3) is 0.133. The second-order valence-electron chi connectivity index (χ2n) is 8.72. The van der Waals surface area contributed by atoms with Gasteiger partial charge < -0.3 is 9.73 Å². The second kappa shape index (κ2) is 9.85. The maximum atomic E-state index is 13.8. The van der Waals surface area contributed by atoms with Crippen LogP contribution in [-0.2, 0) is 6.42 Å². The number of aryl methyl sites for hydroxylation is 2. The molecule has 174 valence electrons. The topological polar surface area (TPSA) is 60.1 Å². The van der Waals surface area contributed by atoms with Crippen molar-refractivity contribution < 1.29 is 9.21 Å². The van der Waals surface area contributed by atoms with E-state index in [1.165, 1.54) is 0 Å². The van der Waals surface area contributed by atoms with Crippen LogP contribution < -0.4 is 5.32 Å². The van der Waals surface area contributed by atoms with E-state index < -0.39 is 0 Å². The van der Waals surface area contributed by atoms with Gasteiger partial charge in [-0.1, -0.05) is 72.8 Å². The number of amides is 1. The molecule has 0 aliphatic heterocycles. The Kier molecular flexibility index (Phi) is 6.31. The summed E-state index contributed by atoms with van der Waals surface area (Å²) in [7, 11) is 0. The maximum absolute atomic E-state index is 13.8. The number of hydrogen-bond donors (Lipinski definition) is 1. The highest BCUT2D eigenvalue weighted by Gasteiger charge is 2.23. The fourth-order valence-electron chi connectivity index (χ4n) is 4.24. The Morgan fingerprint density at radius 3 is 2.37 bits per heavy atom. The lowest BCUT2D eigenvalue weighted by Gasteiger charge is -2.20. The number of aromatic nitrogens is 2. The molecule has 0 bridgehead atoms. The van der Waals surface area contributed by atoms with Gasteiger partial charge in [-0.25, -0.2) is 4.68 Å². The number of nitrogens with one attached hydrogen (secondary N) is 1. The molecule has 5 nitrogen and oxygen atoms in total. The Morgan fingerprint density at radius 1 is 0.914 bits per heavy atom. The van der Waals surface area contributed by atoms with Gasteiger partial charge in [-0.05, 0) is 60.7 Å². The third-order valence-electron chi connectivity index (χ3n) is 6.10. The molecule has 2 heterocycles. The van der Waals surface area contributed by atoms with Crippen molar-refractivity contribution in [3.63, 3.8) is 0 Å². The summed E-state index contributed by atoms with van der Waals surface area (Å²) in [6.07, 6.45) is 2.29. The molecule has 5 aromatic rings. The zero-order valence-corrected chi connectivity index (χ0v) is 19.8. The molecule has 35 heavy (non-hydrogen) atoms. The first-order chi connectivity index (χ1) is 17.1. The molecular formula is C30H27N3O2. The third kappa shape index (κ3) is 4.94. The molecule has 3 aromatic carbocycles. The van der Waals surface area contributed by atoms with Crippen LogP contribution in [0.4, 0.5) is 0 Å². The van der Waals surface area contributed by atoms with Crippen molar-refractivity contribution in [2.45, 2.75) is 26.3 Å². The van der Waals surface area contributed by atoms with Crippen LogP contribution in [0.5, 0.6) is 0 Å². The molecule has 1 unspecified atom stereocenters. The van der Waals surface area contributed by atoms with Gasteiger partial charge in [0, 0.05) is 6.07 Å². The normalized spacial score (nSPS) is 11.8. The molecule has 5 rings (SSSR count). The van der Waals surface area contributed by atoms with E-state index in [9.17, 15) is 4.79 Å². The van der Waals surface area contributed by atoms with Gasteiger partial charge >= 0.3 is 0 Å². The van der Waals surface area contributed by atoms with Crippen LogP contribution in [0.1, 0.15) is 38.8 Å². The molecule has 0 radical (unpaired) electrons. The minimum Gasteiger partial charge on any atom is -0.463 e. The van der Waals surface area contributed by atoms with Crippen molar-refractivity contribution in [2.75, 3.05) is 0 Å². The van der Waals surface area contributed by atoms with Crippen molar-refractivity contribution in [3.05, 3.63) is 131 Å². The zero-order chi connectivity index (χ0) is 24.2. The summed E-state index contributed by atoms with van der Waals surface area (Å²) >= 11 is 0. The summed E-state index contributed by atoms with van der Waals surface area (Å²) in [5.41, 5.74) is 6.27. The molecule has 0 aliphatic carbocycles. The number of carbonyl (C=O) groups is 1. The van der Waals surface area contributed by atoms with Crippen molar-refractivity contribution >= 4 is 5.91 Å². The fourth-order valence-corrected chi connectivity index (χ4v) is 4.24. The minimum atomic E-state index is -0.194. The van der Waals surface area contributed by atoms with Gasteiger partial charge in [-0.2, -0.15) is 5.10 Å². The largest absolute Gasteiger partial charge is 0.463 e. The summed E-state index contributed by atoms with van der Waals surface area (Å²) in [5, 5.41) is 8.04. The number of carbonyl (C=O) groups excluding carboxylic acids is 1. The highest BCUT2D eigenvalue weighted by molar-refractivity contribution is 5.94. The summed E-state index contributed by atoms with van der Waals surface area (Å²) in [6.45, 7) is 4.05. The van der Waals surface area contributed by atoms with Crippen LogP contribution in [0.15, 0.2) is 108 Å². The van der Waals surface area contributed by atoms with E-state index in [0.29, 0.717) is 23.6 Å². The number of nitrogens with zero attached hydrogens (tertiary/aromatic N) is 2. The van der Waals surface area contributed by atoms with Crippen LogP contribution >= 0.6 is 0 Å². The molecule has 1 amide bonds. The molecule has 0 aliphatic rings. The van der Waals surface area contributed by atoms with Crippen LogP contribution in [-0.4, -0.2) is 15.7 Å². The number of benzene rings is 3. The van der Waals surface area contributed by atoms with Crippen LogP contribution in [0.2, 0.25) is 0 Å². The lowest BCUT2D eigenvalue weighted by Crippen LogP contribution is -2.31. The summed E-state index contributed by atoms with van der Waals surface area (Å²) in [5.74, 6) is 0.424. The summed E-state index contributed by atoms with van der Waals surface area (Å²) in [6, 6.07) is 31.7. The monoisotopic (exact) mass is 461 g/mol. The average molecular weight is 462 g/mol. The molecule has 0 fully saturated rings. The second-order valence-corrected chi connectivity index (χ2v) is 8.72. The highest BCUT2D eigenvalue weighted by atomic mass is 16.3. The maximum Gasteiger partial charge on any atom is 0.270 e. The molecule has 1 N–H and O–H groups in total. The van der Waals surface area contributed by atoms with E-state index in [-0.39, 0.29) is 11.9 Å². The minimum absolute atomic E-state index is 0.194. The van der Waals surface area contributed by atoms with Crippen molar-refractivity contribution in [2.24, 2.45) is 0 Å². The summed E-state index contributed by atoms with van der Waals surface area (Å²) < 4.78 is 7.30. The SMILES string of the molecule is Cc1ccc(C)c(-n2nc(-c3ccco3)cc2C(=O)NC(Cc2ccccc2)c2ccccc2)c1. The van der Waals surface area contributed by atoms with Crippen molar-refractivity contribution in [1.82, 2.24) is 15.1 Å². The smallest absolute Gasteiger partial charge is 0.270 e. The predicted octanol–water partition coefficient (Wildman–Crippen LogP) is 6.46. The Labute approximate surface area is 205 Å². The van der Waals surface area contributed by atoms with Gasteiger partial charge in [0.1, 0.15) is 11.4 Å². The van der Waals surface area contributed by atoms with Gasteiger partial charge in [-0.3, -0.25) is 4.79 Å². The van der Waals surface area contributed by atoms with E-state index >= 15 is 0 Å². The molecule has 2 aromatic heterocycles. The van der Waals surface area contributed by atoms with E-state index in [2.05, 4.69) is 23.5 Å². The van der Waals surface area contributed by atoms with Crippen molar-refractivity contribution in [3.8, 4) is 17.1 Å². The van der Waals surface area contributed by atoms with Crippen LogP contribution in [0, 0.1) is 13.8 Å². The van der Waals surface area contributed by atoms with Gasteiger partial charge in [0.05, 0.1) is 18.0 Å². The number of furan rings is 1. The van der Waals surface area contributed by atoms with Gasteiger partial charge in [0.25, 0.3) is 5.91 Å². The Morgan fingerprint density at radius 2 is 1.66 bits per heavy atom. The molecule has 0 saturated heterocycles. The first kappa shape index (κ1) is 22.4. The van der Waals surface area contributed by atoms with E-state index in [1.54, 1.807) is 17.0 Å². The standard InChI is InChI=1S/C30H27N3O2/c1-21-15-16-22(2)27(18-21)33-28(20-26(32-33)29-14-9-17-35-29)30(34)31-25(24-12-7-4-8-13-24)19-23-10-5-3-6-11-23/h3-18,20,25H,19H2,1-2H3,(H,31,34). The number of rotatable bonds is 7. The zero-order valence-electron chi connectivity index (χ0n) is 19.8. The molecule has 1 atom stereocenters. The first-order valence-electron chi connectivity index (χ1n) is 11.7.